The molecule has 1 heterocycles. The van der Waals surface area contributed by atoms with Crippen LogP contribution in [0.1, 0.15) is 51.5 Å². The Morgan fingerprint density at radius 3 is 2.42 bits per heavy atom. The first-order valence-corrected chi connectivity index (χ1v) is 11.2. The minimum absolute atomic E-state index is 0.0864. The number of carboxylic acids is 1. The minimum Gasteiger partial charge on any atom is -0.508 e. The van der Waals surface area contributed by atoms with Gasteiger partial charge in [0.05, 0.1) is 5.52 Å². The van der Waals surface area contributed by atoms with E-state index >= 15 is 0 Å². The van der Waals surface area contributed by atoms with Gasteiger partial charge in [-0.15, -0.1) is 0 Å². The smallest absolute Gasteiger partial charge is 0.323 e. The van der Waals surface area contributed by atoms with Crippen LogP contribution in [0.3, 0.4) is 0 Å². The van der Waals surface area contributed by atoms with Gasteiger partial charge in [-0.1, -0.05) is 51.3 Å². The highest BCUT2D eigenvalue weighted by Gasteiger charge is 2.16. The standard InChI is InChI=1S/C26H32N2O3/c1-3-5-6-7-8-19-9-14-24-23(16-19)22(20-10-12-21(29)13-11-20)17-25(27-24)28(15-4-2)18-26(30)31/h9-14,16-17,29H,3-8,15,18H2,1-2H3,(H,30,31). The molecule has 2 aromatic carbocycles. The number of phenols is 1. The summed E-state index contributed by atoms with van der Waals surface area (Å²) in [6.07, 6.45) is 6.75. The number of aromatic nitrogens is 1. The molecule has 3 rings (SSSR count). The highest BCUT2D eigenvalue weighted by Crippen LogP contribution is 2.33. The lowest BCUT2D eigenvalue weighted by atomic mass is 9.97. The van der Waals surface area contributed by atoms with Crippen molar-refractivity contribution >= 4 is 22.7 Å². The maximum absolute atomic E-state index is 11.4. The molecule has 5 heteroatoms. The van der Waals surface area contributed by atoms with Crippen LogP contribution in [0.2, 0.25) is 0 Å². The third kappa shape index (κ3) is 5.97. The molecule has 0 aliphatic rings. The zero-order valence-electron chi connectivity index (χ0n) is 18.5. The highest BCUT2D eigenvalue weighted by molar-refractivity contribution is 5.97. The van der Waals surface area contributed by atoms with Gasteiger partial charge in [0.15, 0.2) is 0 Å². The van der Waals surface area contributed by atoms with Crippen LogP contribution in [0.25, 0.3) is 22.0 Å². The van der Waals surface area contributed by atoms with Crippen LogP contribution in [0.4, 0.5) is 5.82 Å². The number of phenolic OH excluding ortho intramolecular Hbond substituents is 1. The Kier molecular flexibility index (Phi) is 7.88. The number of fused-ring (bicyclic) bond motifs is 1. The lowest BCUT2D eigenvalue weighted by Crippen LogP contribution is -2.31. The molecule has 0 fully saturated rings. The highest BCUT2D eigenvalue weighted by atomic mass is 16.4. The van der Waals surface area contributed by atoms with Gasteiger partial charge in [0.2, 0.25) is 0 Å². The van der Waals surface area contributed by atoms with Gasteiger partial charge in [0, 0.05) is 11.9 Å². The number of nitrogens with zero attached hydrogens (tertiary/aromatic N) is 2. The third-order valence-electron chi connectivity index (χ3n) is 5.50. The van der Waals surface area contributed by atoms with E-state index in [-0.39, 0.29) is 12.3 Å². The fourth-order valence-corrected chi connectivity index (χ4v) is 3.92. The maximum Gasteiger partial charge on any atom is 0.323 e. The number of carbonyl (C=O) groups is 1. The molecule has 0 saturated heterocycles. The van der Waals surface area contributed by atoms with E-state index in [0.29, 0.717) is 12.4 Å². The molecule has 0 unspecified atom stereocenters. The van der Waals surface area contributed by atoms with Gasteiger partial charge < -0.3 is 15.1 Å². The van der Waals surface area contributed by atoms with E-state index in [1.54, 1.807) is 12.1 Å². The fourth-order valence-electron chi connectivity index (χ4n) is 3.92. The van der Waals surface area contributed by atoms with Crippen LogP contribution in [-0.4, -0.2) is 34.3 Å². The number of aryl methyl sites for hydroxylation is 1. The normalized spacial score (nSPS) is 11.0. The molecule has 0 atom stereocenters. The average Bonchev–Trinajstić information content (AvgIpc) is 2.76. The zero-order valence-corrected chi connectivity index (χ0v) is 18.5. The van der Waals surface area contributed by atoms with Gasteiger partial charge >= 0.3 is 5.97 Å². The number of hydrogen-bond donors (Lipinski definition) is 2. The zero-order chi connectivity index (χ0) is 22.2. The van der Waals surface area contributed by atoms with E-state index in [1.165, 1.54) is 31.2 Å². The first-order valence-electron chi connectivity index (χ1n) is 11.2. The van der Waals surface area contributed by atoms with Crippen LogP contribution < -0.4 is 4.90 Å². The van der Waals surface area contributed by atoms with E-state index in [1.807, 2.05) is 36.1 Å². The van der Waals surface area contributed by atoms with E-state index in [2.05, 4.69) is 19.1 Å². The van der Waals surface area contributed by atoms with Gasteiger partial charge in [-0.3, -0.25) is 4.79 Å². The van der Waals surface area contributed by atoms with E-state index in [4.69, 9.17) is 4.98 Å². The molecule has 0 amide bonds. The number of aromatic hydroxyl groups is 1. The van der Waals surface area contributed by atoms with Crippen LogP contribution in [0, 0.1) is 0 Å². The number of anilines is 1. The summed E-state index contributed by atoms with van der Waals surface area (Å²) in [5, 5.41) is 20.1. The Morgan fingerprint density at radius 1 is 0.968 bits per heavy atom. The summed E-state index contributed by atoms with van der Waals surface area (Å²) in [6.45, 7) is 4.78. The Hall–Kier alpha value is -3.08. The summed E-state index contributed by atoms with van der Waals surface area (Å²) in [5.41, 5.74) is 4.11. The summed E-state index contributed by atoms with van der Waals surface area (Å²) in [5.74, 6) is 0.0110. The number of carboxylic acid groups (broad SMARTS) is 1. The molecule has 3 aromatic rings. The summed E-state index contributed by atoms with van der Waals surface area (Å²) < 4.78 is 0. The summed E-state index contributed by atoms with van der Waals surface area (Å²) >= 11 is 0. The van der Waals surface area contributed by atoms with Crippen molar-refractivity contribution in [3.05, 3.63) is 54.1 Å². The molecule has 2 N–H and O–H groups in total. The van der Waals surface area contributed by atoms with Crippen molar-refractivity contribution in [1.29, 1.82) is 0 Å². The number of hydrogen-bond acceptors (Lipinski definition) is 4. The molecular weight excluding hydrogens is 388 g/mol. The Balaban J connectivity index is 2.07. The molecule has 0 radical (unpaired) electrons. The molecule has 0 aliphatic heterocycles. The molecular formula is C26H32N2O3. The second kappa shape index (κ2) is 10.8. The third-order valence-corrected chi connectivity index (χ3v) is 5.50. The molecule has 31 heavy (non-hydrogen) atoms. The number of unbranched alkanes of at least 4 members (excludes halogenated alkanes) is 3. The van der Waals surface area contributed by atoms with Crippen LogP contribution in [-0.2, 0) is 11.2 Å². The van der Waals surface area contributed by atoms with Gasteiger partial charge in [-0.05, 0) is 66.3 Å². The summed E-state index contributed by atoms with van der Waals surface area (Å²) in [6, 6.07) is 15.5. The van der Waals surface area contributed by atoms with Crippen molar-refractivity contribution in [2.24, 2.45) is 0 Å². The van der Waals surface area contributed by atoms with Crippen molar-refractivity contribution < 1.29 is 15.0 Å². The lowest BCUT2D eigenvalue weighted by molar-refractivity contribution is -0.135. The molecule has 0 spiro atoms. The first kappa shape index (κ1) is 22.6. The van der Waals surface area contributed by atoms with Crippen LogP contribution >= 0.6 is 0 Å². The predicted octanol–water partition coefficient (Wildman–Crippen LogP) is 6.03. The second-order valence-electron chi connectivity index (χ2n) is 8.05. The number of benzene rings is 2. The first-order chi connectivity index (χ1) is 15.0. The van der Waals surface area contributed by atoms with Crippen molar-refractivity contribution in [2.75, 3.05) is 18.0 Å². The fraction of sp³-hybridized carbons (Fsp3) is 0.385. The van der Waals surface area contributed by atoms with E-state index in [9.17, 15) is 15.0 Å². The van der Waals surface area contributed by atoms with Crippen molar-refractivity contribution in [3.8, 4) is 16.9 Å². The summed E-state index contributed by atoms with van der Waals surface area (Å²) in [4.78, 5) is 18.0. The monoisotopic (exact) mass is 420 g/mol. The molecule has 1 aromatic heterocycles. The Labute approximate surface area is 184 Å². The SMILES string of the molecule is CCCCCCc1ccc2nc(N(CCC)CC(=O)O)cc(-c3ccc(O)cc3)c2c1. The van der Waals surface area contributed by atoms with Crippen molar-refractivity contribution in [2.45, 2.75) is 52.4 Å². The van der Waals surface area contributed by atoms with Gasteiger partial charge in [-0.2, -0.15) is 0 Å². The summed E-state index contributed by atoms with van der Waals surface area (Å²) in [7, 11) is 0. The molecule has 0 saturated carbocycles. The maximum atomic E-state index is 11.4. The topological polar surface area (TPSA) is 73.7 Å². The lowest BCUT2D eigenvalue weighted by Gasteiger charge is -2.23. The molecule has 0 bridgehead atoms. The average molecular weight is 421 g/mol. The predicted molar refractivity (Wildman–Crippen MR) is 127 cm³/mol. The Bertz CT molecular complexity index is 1020. The van der Waals surface area contributed by atoms with E-state index in [0.717, 1.165) is 34.9 Å². The van der Waals surface area contributed by atoms with E-state index < -0.39 is 5.97 Å². The second-order valence-corrected chi connectivity index (χ2v) is 8.05. The minimum atomic E-state index is -0.871. The quantitative estimate of drug-likeness (QED) is 0.370. The number of rotatable bonds is 11. The Morgan fingerprint density at radius 2 is 1.74 bits per heavy atom. The van der Waals surface area contributed by atoms with Crippen LogP contribution in [0.15, 0.2) is 48.5 Å². The van der Waals surface area contributed by atoms with Crippen molar-refractivity contribution in [1.82, 2.24) is 4.98 Å². The number of pyridine rings is 1. The van der Waals surface area contributed by atoms with Crippen molar-refractivity contribution in [3.63, 3.8) is 0 Å². The number of aliphatic carboxylic acids is 1. The van der Waals surface area contributed by atoms with Crippen LogP contribution in [0.5, 0.6) is 5.75 Å². The van der Waals surface area contributed by atoms with Gasteiger partial charge in [-0.25, -0.2) is 4.98 Å². The molecule has 0 aliphatic carbocycles. The molecule has 5 nitrogen and oxygen atoms in total. The van der Waals surface area contributed by atoms with Gasteiger partial charge in [0.1, 0.15) is 18.1 Å². The van der Waals surface area contributed by atoms with Gasteiger partial charge in [0.25, 0.3) is 0 Å². The largest absolute Gasteiger partial charge is 0.508 e. The molecule has 164 valence electrons.